The normalized spacial score (nSPS) is 25.9. The summed E-state index contributed by atoms with van der Waals surface area (Å²) >= 11 is 0. The molecule has 0 aromatic heterocycles. The van der Waals surface area contributed by atoms with Crippen LogP contribution in [0.1, 0.15) is 65.2 Å². The van der Waals surface area contributed by atoms with Gasteiger partial charge in [-0.1, -0.05) is 26.2 Å². The van der Waals surface area contributed by atoms with E-state index in [1.807, 2.05) is 0 Å². The minimum atomic E-state index is 0.0308. The van der Waals surface area contributed by atoms with Gasteiger partial charge in [0.15, 0.2) is 0 Å². The van der Waals surface area contributed by atoms with E-state index in [9.17, 15) is 4.79 Å². The van der Waals surface area contributed by atoms with Crippen molar-refractivity contribution in [3.8, 4) is 11.8 Å². The molecule has 0 aromatic rings. The van der Waals surface area contributed by atoms with Gasteiger partial charge in [0.1, 0.15) is 5.78 Å². The Kier molecular flexibility index (Phi) is 4.88. The summed E-state index contributed by atoms with van der Waals surface area (Å²) in [6, 6.07) is 0. The first-order chi connectivity index (χ1) is 7.22. The number of hydrogen-bond acceptors (Lipinski definition) is 1. The Labute approximate surface area is 93.6 Å². The predicted molar refractivity (Wildman–Crippen MR) is 63.5 cm³/mol. The molecule has 0 aliphatic heterocycles. The second-order valence-corrected chi connectivity index (χ2v) is 4.61. The van der Waals surface area contributed by atoms with E-state index < -0.39 is 0 Å². The lowest BCUT2D eigenvalue weighted by Gasteiger charge is -2.30. The fraction of sp³-hybridized carbons (Fsp3) is 0.786. The molecular weight excluding hydrogens is 184 g/mol. The van der Waals surface area contributed by atoms with Gasteiger partial charge in [0.2, 0.25) is 0 Å². The molecule has 1 fully saturated rings. The monoisotopic (exact) mass is 206 g/mol. The molecule has 0 N–H and O–H groups in total. The van der Waals surface area contributed by atoms with Crippen molar-refractivity contribution in [3.05, 3.63) is 0 Å². The van der Waals surface area contributed by atoms with Gasteiger partial charge in [-0.25, -0.2) is 0 Å². The van der Waals surface area contributed by atoms with Crippen molar-refractivity contribution in [2.45, 2.75) is 65.2 Å². The van der Waals surface area contributed by atoms with Crippen LogP contribution in [0.25, 0.3) is 0 Å². The third-order valence-corrected chi connectivity index (χ3v) is 3.33. The van der Waals surface area contributed by atoms with Crippen molar-refractivity contribution in [2.24, 2.45) is 5.41 Å². The lowest BCUT2D eigenvalue weighted by Crippen LogP contribution is -2.26. The number of carbonyl (C=O) groups excluding carboxylic acids is 1. The maximum Gasteiger partial charge on any atom is 0.134 e. The number of rotatable bonds is 3. The number of unbranched alkanes of at least 4 members (excludes halogenated alkanes) is 2. The van der Waals surface area contributed by atoms with Gasteiger partial charge in [-0.2, -0.15) is 0 Å². The van der Waals surface area contributed by atoms with Crippen LogP contribution in [-0.4, -0.2) is 5.78 Å². The average Bonchev–Trinajstić information content (AvgIpc) is 2.25. The Bertz CT molecular complexity index is 269. The van der Waals surface area contributed by atoms with Gasteiger partial charge in [-0.3, -0.25) is 4.79 Å². The molecule has 0 aromatic carbocycles. The zero-order chi connectivity index (χ0) is 11.1. The van der Waals surface area contributed by atoms with E-state index in [0.29, 0.717) is 12.2 Å². The van der Waals surface area contributed by atoms with Gasteiger partial charge in [0.25, 0.3) is 0 Å². The molecule has 15 heavy (non-hydrogen) atoms. The Morgan fingerprint density at radius 2 is 2.20 bits per heavy atom. The summed E-state index contributed by atoms with van der Waals surface area (Å²) in [6.45, 7) is 4.34. The topological polar surface area (TPSA) is 17.1 Å². The first kappa shape index (κ1) is 12.3. The Morgan fingerprint density at radius 3 is 2.80 bits per heavy atom. The molecule has 84 valence electrons. The van der Waals surface area contributed by atoms with E-state index in [4.69, 9.17) is 0 Å². The van der Waals surface area contributed by atoms with Crippen LogP contribution in [0.5, 0.6) is 0 Å². The van der Waals surface area contributed by atoms with E-state index >= 15 is 0 Å². The summed E-state index contributed by atoms with van der Waals surface area (Å²) in [7, 11) is 0. The first-order valence-corrected chi connectivity index (χ1v) is 6.24. The van der Waals surface area contributed by atoms with Crippen molar-refractivity contribution in [1.29, 1.82) is 0 Å². The highest BCUT2D eigenvalue weighted by molar-refractivity contribution is 5.80. The SMILES string of the molecule is CCCCC#C[C@]1(CC)CCCC(=O)C1. The van der Waals surface area contributed by atoms with Crippen LogP contribution in [0.15, 0.2) is 0 Å². The number of hydrogen-bond donors (Lipinski definition) is 0. The fourth-order valence-electron chi connectivity index (χ4n) is 2.19. The Morgan fingerprint density at radius 1 is 1.40 bits per heavy atom. The summed E-state index contributed by atoms with van der Waals surface area (Å²) in [4.78, 5) is 11.5. The van der Waals surface area contributed by atoms with E-state index in [1.54, 1.807) is 0 Å². The molecule has 1 aliphatic rings. The zero-order valence-electron chi connectivity index (χ0n) is 10.1. The third kappa shape index (κ3) is 3.70. The first-order valence-electron chi connectivity index (χ1n) is 6.24. The van der Waals surface area contributed by atoms with Crippen molar-refractivity contribution in [2.75, 3.05) is 0 Å². The molecule has 0 saturated heterocycles. The summed E-state index contributed by atoms with van der Waals surface area (Å²) in [5.74, 6) is 7.06. The van der Waals surface area contributed by atoms with E-state index in [0.717, 1.165) is 32.1 Å². The molecule has 0 spiro atoms. The van der Waals surface area contributed by atoms with E-state index in [1.165, 1.54) is 12.8 Å². The molecule has 1 nitrogen and oxygen atoms in total. The summed E-state index contributed by atoms with van der Waals surface area (Å²) < 4.78 is 0. The molecule has 1 rings (SSSR count). The molecule has 1 atom stereocenters. The van der Waals surface area contributed by atoms with Crippen LogP contribution in [0.3, 0.4) is 0 Å². The molecular formula is C14H22O. The summed E-state index contributed by atoms with van der Waals surface area (Å²) in [6.07, 6.45) is 8.03. The van der Waals surface area contributed by atoms with Crippen LogP contribution in [0.4, 0.5) is 0 Å². The molecule has 1 heteroatoms. The zero-order valence-corrected chi connectivity index (χ0v) is 10.1. The van der Waals surface area contributed by atoms with Crippen LogP contribution in [-0.2, 0) is 4.79 Å². The van der Waals surface area contributed by atoms with Gasteiger partial charge in [0.05, 0.1) is 0 Å². The Hall–Kier alpha value is -0.770. The molecule has 1 saturated carbocycles. The highest BCUT2D eigenvalue weighted by Gasteiger charge is 2.32. The molecule has 0 radical (unpaired) electrons. The van der Waals surface area contributed by atoms with E-state index in [-0.39, 0.29) is 5.41 Å². The summed E-state index contributed by atoms with van der Waals surface area (Å²) in [5, 5.41) is 0. The van der Waals surface area contributed by atoms with Crippen LogP contribution < -0.4 is 0 Å². The molecule has 0 amide bonds. The smallest absolute Gasteiger partial charge is 0.134 e. The standard InChI is InChI=1S/C14H22O/c1-3-5-6-7-10-14(4-2)11-8-9-13(15)12-14/h3-6,8-9,11-12H2,1-2H3/t14-/m1/s1. The molecule has 0 bridgehead atoms. The van der Waals surface area contributed by atoms with Crippen molar-refractivity contribution in [3.63, 3.8) is 0 Å². The number of Topliss-reactive ketones (excluding diaryl/α,β-unsaturated/α-hetero) is 1. The lowest BCUT2D eigenvalue weighted by atomic mass is 9.72. The quantitative estimate of drug-likeness (QED) is 0.508. The van der Waals surface area contributed by atoms with Crippen LogP contribution >= 0.6 is 0 Å². The second-order valence-electron chi connectivity index (χ2n) is 4.61. The highest BCUT2D eigenvalue weighted by atomic mass is 16.1. The average molecular weight is 206 g/mol. The number of carbonyl (C=O) groups is 1. The van der Waals surface area contributed by atoms with Crippen molar-refractivity contribution >= 4 is 5.78 Å². The van der Waals surface area contributed by atoms with Crippen molar-refractivity contribution in [1.82, 2.24) is 0 Å². The number of ketones is 1. The highest BCUT2D eigenvalue weighted by Crippen LogP contribution is 2.36. The molecule has 0 unspecified atom stereocenters. The second kappa shape index (κ2) is 5.95. The van der Waals surface area contributed by atoms with Crippen LogP contribution in [0, 0.1) is 17.3 Å². The van der Waals surface area contributed by atoms with Crippen LogP contribution in [0.2, 0.25) is 0 Å². The lowest BCUT2D eigenvalue weighted by molar-refractivity contribution is -0.122. The van der Waals surface area contributed by atoms with Gasteiger partial charge in [0, 0.05) is 24.7 Å². The van der Waals surface area contributed by atoms with Gasteiger partial charge in [-0.05, 0) is 25.7 Å². The third-order valence-electron chi connectivity index (χ3n) is 3.33. The maximum atomic E-state index is 11.5. The van der Waals surface area contributed by atoms with Gasteiger partial charge < -0.3 is 0 Å². The van der Waals surface area contributed by atoms with E-state index in [2.05, 4.69) is 25.7 Å². The minimum Gasteiger partial charge on any atom is -0.300 e. The Balaban J connectivity index is 2.57. The van der Waals surface area contributed by atoms with Gasteiger partial charge >= 0.3 is 0 Å². The fourth-order valence-corrected chi connectivity index (χ4v) is 2.19. The minimum absolute atomic E-state index is 0.0308. The summed E-state index contributed by atoms with van der Waals surface area (Å²) in [5.41, 5.74) is 0.0308. The molecule has 0 heterocycles. The molecule has 1 aliphatic carbocycles. The largest absolute Gasteiger partial charge is 0.300 e. The maximum absolute atomic E-state index is 11.5. The predicted octanol–water partition coefficient (Wildman–Crippen LogP) is 3.72. The van der Waals surface area contributed by atoms with Crippen molar-refractivity contribution < 1.29 is 4.79 Å². The van der Waals surface area contributed by atoms with Gasteiger partial charge in [-0.15, -0.1) is 5.92 Å².